The number of sulfone groups is 1. The van der Waals surface area contributed by atoms with Crippen molar-refractivity contribution in [2.24, 2.45) is 11.3 Å². The van der Waals surface area contributed by atoms with E-state index in [9.17, 15) is 13.2 Å². The van der Waals surface area contributed by atoms with E-state index in [0.29, 0.717) is 0 Å². The van der Waals surface area contributed by atoms with E-state index in [0.717, 1.165) is 6.26 Å². The van der Waals surface area contributed by atoms with Gasteiger partial charge in [-0.15, -0.1) is 0 Å². The number of hydrogen-bond acceptors (Lipinski definition) is 3. The molecule has 1 atom stereocenters. The molecule has 0 aromatic carbocycles. The summed E-state index contributed by atoms with van der Waals surface area (Å²) in [6, 6.07) is 0. The number of carboxylic acids is 1. The maximum absolute atomic E-state index is 11.0. The standard InChI is InChI=1S/C9H18O4S/c1-7(2)9(3,8(10)11)5-6-14(4,12)13/h7H,5-6H2,1-4H3,(H,10,11). The summed E-state index contributed by atoms with van der Waals surface area (Å²) in [6.45, 7) is 5.16. The highest BCUT2D eigenvalue weighted by atomic mass is 32.2. The summed E-state index contributed by atoms with van der Waals surface area (Å²) in [5.41, 5.74) is -0.955. The minimum Gasteiger partial charge on any atom is -0.481 e. The largest absolute Gasteiger partial charge is 0.481 e. The summed E-state index contributed by atoms with van der Waals surface area (Å²) < 4.78 is 21.9. The first-order valence-corrected chi connectivity index (χ1v) is 6.57. The zero-order valence-electron chi connectivity index (χ0n) is 9.07. The maximum Gasteiger partial charge on any atom is 0.309 e. The molecule has 0 aliphatic carbocycles. The molecule has 5 heteroatoms. The zero-order chi connectivity index (χ0) is 11.6. The summed E-state index contributed by atoms with van der Waals surface area (Å²) >= 11 is 0. The smallest absolute Gasteiger partial charge is 0.309 e. The number of carboxylic acid groups (broad SMARTS) is 1. The monoisotopic (exact) mass is 222 g/mol. The van der Waals surface area contributed by atoms with Crippen LogP contribution in [-0.2, 0) is 14.6 Å². The second-order valence-electron chi connectivity index (χ2n) is 4.26. The van der Waals surface area contributed by atoms with Crippen molar-refractivity contribution in [3.8, 4) is 0 Å². The van der Waals surface area contributed by atoms with Crippen molar-refractivity contribution in [1.29, 1.82) is 0 Å². The van der Waals surface area contributed by atoms with Crippen molar-refractivity contribution >= 4 is 15.8 Å². The highest BCUT2D eigenvalue weighted by Gasteiger charge is 2.36. The Bertz CT molecular complexity index is 305. The van der Waals surface area contributed by atoms with Crippen molar-refractivity contribution in [1.82, 2.24) is 0 Å². The summed E-state index contributed by atoms with van der Waals surface area (Å²) in [5, 5.41) is 9.00. The Morgan fingerprint density at radius 1 is 1.43 bits per heavy atom. The van der Waals surface area contributed by atoms with Crippen LogP contribution in [0, 0.1) is 11.3 Å². The first-order valence-electron chi connectivity index (χ1n) is 4.50. The molecular weight excluding hydrogens is 204 g/mol. The van der Waals surface area contributed by atoms with Gasteiger partial charge in [0.25, 0.3) is 0 Å². The van der Waals surface area contributed by atoms with Gasteiger partial charge in [0.2, 0.25) is 0 Å². The molecule has 0 bridgehead atoms. The third-order valence-electron chi connectivity index (χ3n) is 2.76. The van der Waals surface area contributed by atoms with Gasteiger partial charge in [-0.3, -0.25) is 4.79 Å². The van der Waals surface area contributed by atoms with Gasteiger partial charge in [-0.25, -0.2) is 8.42 Å². The van der Waals surface area contributed by atoms with Crippen molar-refractivity contribution in [3.63, 3.8) is 0 Å². The highest BCUT2D eigenvalue weighted by Crippen LogP contribution is 2.31. The van der Waals surface area contributed by atoms with Gasteiger partial charge >= 0.3 is 5.97 Å². The van der Waals surface area contributed by atoms with Gasteiger partial charge in [0, 0.05) is 6.26 Å². The Morgan fingerprint density at radius 3 is 2.07 bits per heavy atom. The molecule has 0 aliphatic rings. The van der Waals surface area contributed by atoms with Gasteiger partial charge in [-0.05, 0) is 19.3 Å². The van der Waals surface area contributed by atoms with Gasteiger partial charge in [0.1, 0.15) is 9.84 Å². The quantitative estimate of drug-likeness (QED) is 0.758. The lowest BCUT2D eigenvalue weighted by atomic mass is 9.77. The third kappa shape index (κ3) is 3.65. The zero-order valence-corrected chi connectivity index (χ0v) is 9.89. The second kappa shape index (κ2) is 4.29. The molecule has 0 aromatic rings. The molecule has 0 saturated heterocycles. The lowest BCUT2D eigenvalue weighted by Crippen LogP contribution is -2.35. The van der Waals surface area contributed by atoms with E-state index in [4.69, 9.17) is 5.11 Å². The van der Waals surface area contributed by atoms with E-state index in [2.05, 4.69) is 0 Å². The van der Waals surface area contributed by atoms with Crippen LogP contribution in [0.1, 0.15) is 27.2 Å². The van der Waals surface area contributed by atoms with E-state index in [-0.39, 0.29) is 18.1 Å². The van der Waals surface area contributed by atoms with E-state index >= 15 is 0 Å². The molecule has 0 radical (unpaired) electrons. The molecule has 0 amide bonds. The van der Waals surface area contributed by atoms with Crippen LogP contribution in [-0.4, -0.2) is 31.5 Å². The van der Waals surface area contributed by atoms with Crippen LogP contribution in [0.3, 0.4) is 0 Å². The fraction of sp³-hybridized carbons (Fsp3) is 0.889. The van der Waals surface area contributed by atoms with Crippen LogP contribution in [0.5, 0.6) is 0 Å². The predicted octanol–water partition coefficient (Wildman–Crippen LogP) is 1.17. The Kier molecular flexibility index (Phi) is 4.12. The Morgan fingerprint density at radius 2 is 1.86 bits per heavy atom. The van der Waals surface area contributed by atoms with Crippen LogP contribution < -0.4 is 0 Å². The Labute approximate surface area is 85.2 Å². The second-order valence-corrected chi connectivity index (χ2v) is 6.52. The fourth-order valence-electron chi connectivity index (χ4n) is 1.04. The average Bonchev–Trinajstić information content (AvgIpc) is 1.97. The van der Waals surface area contributed by atoms with Crippen LogP contribution in [0.15, 0.2) is 0 Å². The SMILES string of the molecule is CC(C)C(C)(CCS(C)(=O)=O)C(=O)O. The third-order valence-corrected chi connectivity index (χ3v) is 3.70. The molecule has 84 valence electrons. The molecule has 1 N–H and O–H groups in total. The first kappa shape index (κ1) is 13.4. The first-order chi connectivity index (χ1) is 6.09. The molecule has 1 unspecified atom stereocenters. The van der Waals surface area contributed by atoms with Gasteiger partial charge in [-0.2, -0.15) is 0 Å². The van der Waals surface area contributed by atoms with E-state index < -0.39 is 21.2 Å². The molecular formula is C9H18O4S. The van der Waals surface area contributed by atoms with Crippen molar-refractivity contribution < 1.29 is 18.3 Å². The number of aliphatic carboxylic acids is 1. The Balaban J connectivity index is 4.64. The normalized spacial score (nSPS) is 16.6. The minimum absolute atomic E-state index is 0.0754. The number of hydrogen-bond donors (Lipinski definition) is 1. The van der Waals surface area contributed by atoms with Crippen molar-refractivity contribution in [3.05, 3.63) is 0 Å². The lowest BCUT2D eigenvalue weighted by Gasteiger charge is -2.28. The highest BCUT2D eigenvalue weighted by molar-refractivity contribution is 7.90. The molecule has 0 fully saturated rings. The fourth-order valence-corrected chi connectivity index (χ4v) is 1.83. The summed E-state index contributed by atoms with van der Waals surface area (Å²) in [4.78, 5) is 11.0. The average molecular weight is 222 g/mol. The van der Waals surface area contributed by atoms with Crippen molar-refractivity contribution in [2.45, 2.75) is 27.2 Å². The molecule has 0 aliphatic heterocycles. The summed E-state index contributed by atoms with van der Waals surface area (Å²) in [7, 11) is -3.09. The molecule has 0 rings (SSSR count). The van der Waals surface area contributed by atoms with Gasteiger partial charge in [0.15, 0.2) is 0 Å². The lowest BCUT2D eigenvalue weighted by molar-refractivity contribution is -0.150. The molecule has 0 aromatic heterocycles. The molecule has 0 spiro atoms. The maximum atomic E-state index is 11.0. The van der Waals surface area contributed by atoms with Crippen LogP contribution in [0.25, 0.3) is 0 Å². The number of rotatable bonds is 5. The van der Waals surface area contributed by atoms with Gasteiger partial charge in [0.05, 0.1) is 11.2 Å². The molecule has 0 saturated carbocycles. The molecule has 4 nitrogen and oxygen atoms in total. The number of carbonyl (C=O) groups is 1. The van der Waals surface area contributed by atoms with E-state index in [1.807, 2.05) is 0 Å². The van der Waals surface area contributed by atoms with E-state index in [1.165, 1.54) is 0 Å². The summed E-state index contributed by atoms with van der Waals surface area (Å²) in [6.07, 6.45) is 1.29. The van der Waals surface area contributed by atoms with Crippen molar-refractivity contribution in [2.75, 3.05) is 12.0 Å². The molecule has 0 heterocycles. The molecule has 14 heavy (non-hydrogen) atoms. The van der Waals surface area contributed by atoms with Gasteiger partial charge < -0.3 is 5.11 Å². The minimum atomic E-state index is -3.09. The van der Waals surface area contributed by atoms with Crippen LogP contribution in [0.4, 0.5) is 0 Å². The van der Waals surface area contributed by atoms with Crippen LogP contribution in [0.2, 0.25) is 0 Å². The topological polar surface area (TPSA) is 71.4 Å². The summed E-state index contributed by atoms with van der Waals surface area (Å²) in [5.74, 6) is -1.09. The predicted molar refractivity (Wildman–Crippen MR) is 54.9 cm³/mol. The van der Waals surface area contributed by atoms with E-state index in [1.54, 1.807) is 20.8 Å². The Hall–Kier alpha value is -0.580. The van der Waals surface area contributed by atoms with Crippen LogP contribution >= 0.6 is 0 Å². The van der Waals surface area contributed by atoms with Gasteiger partial charge in [-0.1, -0.05) is 13.8 Å².